The Morgan fingerprint density at radius 3 is 2.52 bits per heavy atom. The van der Waals surface area contributed by atoms with Crippen molar-refractivity contribution in [2.24, 2.45) is 0 Å². The summed E-state index contributed by atoms with van der Waals surface area (Å²) in [6.07, 6.45) is 6.04. The summed E-state index contributed by atoms with van der Waals surface area (Å²) in [6, 6.07) is 9.87. The Labute approximate surface area is 181 Å². The average Bonchev–Trinajstić information content (AvgIpc) is 3.30. The maximum absolute atomic E-state index is 5.52. The highest BCUT2D eigenvalue weighted by Crippen LogP contribution is 2.38. The number of anilines is 1. The van der Waals surface area contributed by atoms with E-state index in [1.54, 1.807) is 14.2 Å². The third-order valence-electron chi connectivity index (χ3n) is 6.09. The molecule has 0 saturated heterocycles. The lowest BCUT2D eigenvalue weighted by atomic mass is 9.88. The molecule has 0 spiro atoms. The Kier molecular flexibility index (Phi) is 5.40. The molecule has 7 nitrogen and oxygen atoms in total. The summed E-state index contributed by atoms with van der Waals surface area (Å²) in [5, 5.41) is 4.43. The van der Waals surface area contributed by atoms with Crippen molar-refractivity contribution >= 4 is 16.7 Å². The maximum atomic E-state index is 5.52. The lowest BCUT2D eigenvalue weighted by Gasteiger charge is -2.22. The van der Waals surface area contributed by atoms with Crippen molar-refractivity contribution in [2.45, 2.75) is 44.6 Å². The van der Waals surface area contributed by atoms with E-state index in [2.05, 4.69) is 5.32 Å². The number of hydrogen-bond acceptors (Lipinski definition) is 7. The zero-order valence-electron chi connectivity index (χ0n) is 17.9. The van der Waals surface area contributed by atoms with Gasteiger partial charge < -0.3 is 24.3 Å². The first kappa shape index (κ1) is 19.7. The van der Waals surface area contributed by atoms with Gasteiger partial charge in [0.15, 0.2) is 23.0 Å². The fourth-order valence-electron chi connectivity index (χ4n) is 4.39. The van der Waals surface area contributed by atoms with Crippen LogP contribution >= 0.6 is 0 Å². The average molecular weight is 421 g/mol. The number of fused-ring (bicyclic) bond motifs is 2. The molecule has 0 radical (unpaired) electrons. The van der Waals surface area contributed by atoms with Gasteiger partial charge in [0.25, 0.3) is 0 Å². The SMILES string of the molecule is COc1cc2nc(C3CCCCC3)nc(NCc3ccc4c(c3)OCO4)c2cc1OC. The van der Waals surface area contributed by atoms with Crippen LogP contribution in [0.5, 0.6) is 23.0 Å². The summed E-state index contributed by atoms with van der Waals surface area (Å²) >= 11 is 0. The maximum Gasteiger partial charge on any atom is 0.231 e. The topological polar surface area (TPSA) is 74.7 Å². The number of benzene rings is 2. The molecule has 3 aromatic rings. The van der Waals surface area contributed by atoms with Crippen LogP contribution in [-0.4, -0.2) is 31.0 Å². The van der Waals surface area contributed by atoms with Gasteiger partial charge in [-0.1, -0.05) is 25.3 Å². The molecule has 1 fully saturated rings. The zero-order valence-corrected chi connectivity index (χ0v) is 17.9. The minimum absolute atomic E-state index is 0.273. The van der Waals surface area contributed by atoms with Gasteiger partial charge in [0.05, 0.1) is 19.7 Å². The van der Waals surface area contributed by atoms with Crippen molar-refractivity contribution in [2.75, 3.05) is 26.3 Å². The van der Waals surface area contributed by atoms with Gasteiger partial charge in [-0.2, -0.15) is 0 Å². The van der Waals surface area contributed by atoms with Crippen molar-refractivity contribution in [1.29, 1.82) is 0 Å². The molecule has 0 amide bonds. The summed E-state index contributed by atoms with van der Waals surface area (Å²) < 4.78 is 22.0. The number of hydrogen-bond donors (Lipinski definition) is 1. The van der Waals surface area contributed by atoms with Crippen LogP contribution in [0, 0.1) is 0 Å². The minimum Gasteiger partial charge on any atom is -0.493 e. The molecule has 162 valence electrons. The molecule has 0 bridgehead atoms. The number of nitrogens with one attached hydrogen (secondary N) is 1. The summed E-state index contributed by atoms with van der Waals surface area (Å²) in [6.45, 7) is 0.885. The van der Waals surface area contributed by atoms with E-state index in [-0.39, 0.29) is 6.79 Å². The highest BCUT2D eigenvalue weighted by molar-refractivity contribution is 5.92. The van der Waals surface area contributed by atoms with Crippen molar-refractivity contribution in [3.63, 3.8) is 0 Å². The second-order valence-corrected chi connectivity index (χ2v) is 8.03. The molecule has 7 heteroatoms. The Bertz CT molecular complexity index is 1100. The monoisotopic (exact) mass is 421 g/mol. The minimum atomic E-state index is 0.273. The van der Waals surface area contributed by atoms with Crippen molar-refractivity contribution in [3.8, 4) is 23.0 Å². The second-order valence-electron chi connectivity index (χ2n) is 8.03. The molecule has 1 aliphatic heterocycles. The highest BCUT2D eigenvalue weighted by Gasteiger charge is 2.21. The van der Waals surface area contributed by atoms with Gasteiger partial charge in [-0.15, -0.1) is 0 Å². The molecule has 5 rings (SSSR count). The number of ether oxygens (including phenoxy) is 4. The Balaban J connectivity index is 1.51. The van der Waals surface area contributed by atoms with E-state index in [9.17, 15) is 0 Å². The van der Waals surface area contributed by atoms with E-state index >= 15 is 0 Å². The van der Waals surface area contributed by atoms with Gasteiger partial charge in [0.2, 0.25) is 6.79 Å². The Morgan fingerprint density at radius 1 is 0.935 bits per heavy atom. The lowest BCUT2D eigenvalue weighted by Crippen LogP contribution is -2.12. The summed E-state index contributed by atoms with van der Waals surface area (Å²) in [5.74, 6) is 5.02. The molecule has 1 aliphatic carbocycles. The first-order chi connectivity index (χ1) is 15.2. The third-order valence-corrected chi connectivity index (χ3v) is 6.09. The molecule has 31 heavy (non-hydrogen) atoms. The van der Waals surface area contributed by atoms with E-state index < -0.39 is 0 Å². The zero-order chi connectivity index (χ0) is 21.2. The molecule has 2 aliphatic rings. The van der Waals surface area contributed by atoms with Gasteiger partial charge in [-0.25, -0.2) is 9.97 Å². The molecular weight excluding hydrogens is 394 g/mol. The quantitative estimate of drug-likeness (QED) is 0.598. The first-order valence-corrected chi connectivity index (χ1v) is 10.8. The molecule has 1 saturated carbocycles. The molecule has 2 aromatic carbocycles. The van der Waals surface area contributed by atoms with Gasteiger partial charge in [0, 0.05) is 23.9 Å². The van der Waals surface area contributed by atoms with Crippen LogP contribution in [-0.2, 0) is 6.54 Å². The normalized spacial score (nSPS) is 15.8. The third kappa shape index (κ3) is 3.92. The molecule has 1 N–H and O–H groups in total. The predicted octanol–water partition coefficient (Wildman–Crippen LogP) is 5.04. The van der Waals surface area contributed by atoms with Gasteiger partial charge >= 0.3 is 0 Å². The molecule has 2 heterocycles. The molecule has 1 aromatic heterocycles. The number of nitrogens with zero attached hydrogens (tertiary/aromatic N) is 2. The standard InChI is InChI=1S/C24H27N3O4/c1-28-20-11-17-18(12-21(20)29-2)26-23(16-6-4-3-5-7-16)27-24(17)25-13-15-8-9-19-22(10-15)31-14-30-19/h8-12,16H,3-7,13-14H2,1-2H3,(H,25,26,27). The molecule has 0 unspecified atom stereocenters. The van der Waals surface area contributed by atoms with E-state index in [1.165, 1.54) is 19.3 Å². The van der Waals surface area contributed by atoms with Crippen LogP contribution in [0.4, 0.5) is 5.82 Å². The van der Waals surface area contributed by atoms with E-state index in [0.717, 1.165) is 52.4 Å². The number of aromatic nitrogens is 2. The molecule has 0 atom stereocenters. The lowest BCUT2D eigenvalue weighted by molar-refractivity contribution is 0.174. The van der Waals surface area contributed by atoms with Gasteiger partial charge in [-0.05, 0) is 36.6 Å². The van der Waals surface area contributed by atoms with Crippen LogP contribution in [0.15, 0.2) is 30.3 Å². The van der Waals surface area contributed by atoms with Crippen LogP contribution in [0.3, 0.4) is 0 Å². The smallest absolute Gasteiger partial charge is 0.231 e. The molecular formula is C24H27N3O4. The van der Waals surface area contributed by atoms with E-state index in [0.29, 0.717) is 24.0 Å². The number of methoxy groups -OCH3 is 2. The Morgan fingerprint density at radius 2 is 1.71 bits per heavy atom. The second kappa shape index (κ2) is 8.49. The van der Waals surface area contributed by atoms with Crippen LogP contribution in [0.1, 0.15) is 49.4 Å². The Hall–Kier alpha value is -3.22. The predicted molar refractivity (Wildman–Crippen MR) is 118 cm³/mol. The van der Waals surface area contributed by atoms with Crippen LogP contribution < -0.4 is 24.3 Å². The first-order valence-electron chi connectivity index (χ1n) is 10.8. The van der Waals surface area contributed by atoms with E-state index in [4.69, 9.17) is 28.9 Å². The highest BCUT2D eigenvalue weighted by atomic mass is 16.7. The largest absolute Gasteiger partial charge is 0.493 e. The van der Waals surface area contributed by atoms with Gasteiger partial charge in [-0.3, -0.25) is 0 Å². The van der Waals surface area contributed by atoms with Gasteiger partial charge in [0.1, 0.15) is 11.6 Å². The van der Waals surface area contributed by atoms with Crippen LogP contribution in [0.2, 0.25) is 0 Å². The fourth-order valence-corrected chi connectivity index (χ4v) is 4.39. The van der Waals surface area contributed by atoms with E-state index in [1.807, 2.05) is 30.3 Å². The number of rotatable bonds is 6. The van der Waals surface area contributed by atoms with Crippen molar-refractivity contribution in [3.05, 3.63) is 41.7 Å². The summed E-state index contributed by atoms with van der Waals surface area (Å²) in [5.41, 5.74) is 1.96. The van der Waals surface area contributed by atoms with Crippen molar-refractivity contribution in [1.82, 2.24) is 9.97 Å². The summed E-state index contributed by atoms with van der Waals surface area (Å²) in [7, 11) is 3.28. The fraction of sp³-hybridized carbons (Fsp3) is 0.417. The van der Waals surface area contributed by atoms with Crippen molar-refractivity contribution < 1.29 is 18.9 Å². The van der Waals surface area contributed by atoms with Crippen LogP contribution in [0.25, 0.3) is 10.9 Å². The summed E-state index contributed by atoms with van der Waals surface area (Å²) in [4.78, 5) is 9.89.